The predicted octanol–water partition coefficient (Wildman–Crippen LogP) is 4.72. The van der Waals surface area contributed by atoms with Crippen molar-refractivity contribution in [3.05, 3.63) is 70.1 Å². The number of hydrogen-bond donors (Lipinski definition) is 1. The van der Waals surface area contributed by atoms with Crippen molar-refractivity contribution in [2.24, 2.45) is 0 Å². The van der Waals surface area contributed by atoms with Gasteiger partial charge in [-0.1, -0.05) is 29.8 Å². The van der Waals surface area contributed by atoms with Gasteiger partial charge in [-0.2, -0.15) is 0 Å². The summed E-state index contributed by atoms with van der Waals surface area (Å²) in [6, 6.07) is 10.9. The third-order valence-electron chi connectivity index (χ3n) is 5.72. The molecule has 0 aliphatic carbocycles. The van der Waals surface area contributed by atoms with Gasteiger partial charge >= 0.3 is 0 Å². The molecule has 1 atom stereocenters. The van der Waals surface area contributed by atoms with E-state index in [1.165, 1.54) is 25.2 Å². The van der Waals surface area contributed by atoms with E-state index in [9.17, 15) is 14.7 Å². The first-order chi connectivity index (χ1) is 16.4. The van der Waals surface area contributed by atoms with E-state index in [2.05, 4.69) is 0 Å². The van der Waals surface area contributed by atoms with Crippen LogP contribution in [0.4, 0.5) is 0 Å². The topological polar surface area (TPSA) is 98.4 Å². The lowest BCUT2D eigenvalue weighted by Crippen LogP contribution is -2.32. The number of hydrogen-bond acceptors (Lipinski definition) is 7. The van der Waals surface area contributed by atoms with Crippen LogP contribution < -0.4 is 9.47 Å². The van der Waals surface area contributed by atoms with Crippen molar-refractivity contribution in [2.45, 2.75) is 12.5 Å². The number of ether oxygens (including phenoxy) is 3. The second-order valence-electron chi connectivity index (χ2n) is 7.72. The number of aliphatic hydroxyl groups excluding tert-OH is 1. The molecule has 1 unspecified atom stereocenters. The smallest absolute Gasteiger partial charge is 0.290 e. The molecule has 1 aromatic heterocycles. The second-order valence-corrected chi connectivity index (χ2v) is 8.15. The maximum Gasteiger partial charge on any atom is 0.290 e. The van der Waals surface area contributed by atoms with Crippen LogP contribution in [0.1, 0.15) is 28.6 Å². The molecule has 0 fully saturated rings. The van der Waals surface area contributed by atoms with E-state index in [1.807, 2.05) is 0 Å². The van der Waals surface area contributed by atoms with Crippen LogP contribution in [0.25, 0.3) is 11.0 Å². The summed E-state index contributed by atoms with van der Waals surface area (Å²) in [5.41, 5.74) is 0.821. The van der Waals surface area contributed by atoms with Gasteiger partial charge in [0.05, 0.1) is 25.8 Å². The number of furan rings is 1. The molecule has 0 saturated heterocycles. The zero-order valence-electron chi connectivity index (χ0n) is 19.0. The maximum absolute atomic E-state index is 13.7. The van der Waals surface area contributed by atoms with Crippen LogP contribution in [0.15, 0.2) is 58.2 Å². The normalized spacial score (nSPS) is 15.9. The van der Waals surface area contributed by atoms with E-state index >= 15 is 0 Å². The number of halogens is 1. The Hall–Kier alpha value is -3.49. The monoisotopic (exact) mass is 485 g/mol. The van der Waals surface area contributed by atoms with E-state index in [0.29, 0.717) is 46.1 Å². The highest BCUT2D eigenvalue weighted by Crippen LogP contribution is 2.43. The minimum atomic E-state index is -0.869. The third-order valence-corrected chi connectivity index (χ3v) is 5.94. The highest BCUT2D eigenvalue weighted by Gasteiger charge is 2.45. The molecule has 0 bridgehead atoms. The Morgan fingerprint density at radius 2 is 1.85 bits per heavy atom. The zero-order valence-corrected chi connectivity index (χ0v) is 19.7. The minimum absolute atomic E-state index is 0.0523. The molecular weight excluding hydrogens is 462 g/mol. The number of aliphatic hydroxyl groups is 1. The second kappa shape index (κ2) is 9.79. The number of amides is 1. The highest BCUT2D eigenvalue weighted by atomic mass is 35.5. The SMILES string of the molecule is COCCCN1C(=O)C(O)=C(C(=O)c2cc3cc(Cl)cc(OC)c3o2)C1c1ccccc1OC. The standard InChI is InChI=1S/C25H24ClNO7/c1-31-10-6-9-27-21(16-7-4-5-8-17(16)32-2)20(23(29)25(27)30)22(28)18-12-14-11-15(26)13-19(33-3)24(14)34-18/h4-5,7-8,11-13,21,29H,6,9-10H2,1-3H3. The van der Waals surface area contributed by atoms with E-state index in [4.69, 9.17) is 30.2 Å². The minimum Gasteiger partial charge on any atom is -0.503 e. The molecule has 1 aliphatic heterocycles. The first-order valence-electron chi connectivity index (χ1n) is 10.6. The molecule has 0 spiro atoms. The van der Waals surface area contributed by atoms with Crippen molar-refractivity contribution in [3.63, 3.8) is 0 Å². The van der Waals surface area contributed by atoms with E-state index in [0.717, 1.165) is 0 Å². The number of carbonyl (C=O) groups is 2. The largest absolute Gasteiger partial charge is 0.503 e. The van der Waals surface area contributed by atoms with Crippen LogP contribution in [-0.4, -0.2) is 56.2 Å². The molecule has 2 aromatic carbocycles. The lowest BCUT2D eigenvalue weighted by molar-refractivity contribution is -0.129. The van der Waals surface area contributed by atoms with Gasteiger partial charge in [0, 0.05) is 42.3 Å². The van der Waals surface area contributed by atoms with Crippen molar-refractivity contribution >= 4 is 34.3 Å². The molecule has 2 heterocycles. The summed E-state index contributed by atoms with van der Waals surface area (Å²) in [5, 5.41) is 11.8. The summed E-state index contributed by atoms with van der Waals surface area (Å²) in [5.74, 6) is -1.09. The highest BCUT2D eigenvalue weighted by molar-refractivity contribution is 6.31. The van der Waals surface area contributed by atoms with Crippen molar-refractivity contribution in [1.82, 2.24) is 4.90 Å². The molecule has 3 aromatic rings. The Morgan fingerprint density at radius 1 is 1.12 bits per heavy atom. The van der Waals surface area contributed by atoms with Gasteiger partial charge in [0.15, 0.2) is 22.9 Å². The molecule has 1 aliphatic rings. The average Bonchev–Trinajstić information content (AvgIpc) is 3.37. The number of rotatable bonds is 9. The lowest BCUT2D eigenvalue weighted by Gasteiger charge is -2.27. The number of benzene rings is 2. The number of carbonyl (C=O) groups excluding carboxylic acids is 2. The van der Waals surface area contributed by atoms with Crippen LogP contribution in [0.2, 0.25) is 5.02 Å². The van der Waals surface area contributed by atoms with Gasteiger partial charge in [0.1, 0.15) is 5.75 Å². The molecular formula is C25H24ClNO7. The van der Waals surface area contributed by atoms with Crippen LogP contribution in [0.5, 0.6) is 11.5 Å². The molecule has 8 nitrogen and oxygen atoms in total. The zero-order chi connectivity index (χ0) is 24.4. The predicted molar refractivity (Wildman–Crippen MR) is 126 cm³/mol. The fraction of sp³-hybridized carbons (Fsp3) is 0.280. The number of nitrogens with zero attached hydrogens (tertiary/aromatic N) is 1. The molecule has 1 amide bonds. The summed E-state index contributed by atoms with van der Waals surface area (Å²) >= 11 is 6.15. The molecule has 1 N–H and O–H groups in total. The Morgan fingerprint density at radius 3 is 2.56 bits per heavy atom. The Labute approximate surface area is 201 Å². The molecule has 178 valence electrons. The van der Waals surface area contributed by atoms with Gasteiger partial charge < -0.3 is 28.6 Å². The third kappa shape index (κ3) is 4.10. The van der Waals surface area contributed by atoms with Crippen molar-refractivity contribution in [1.29, 1.82) is 0 Å². The van der Waals surface area contributed by atoms with Gasteiger partial charge in [-0.25, -0.2) is 0 Å². The fourth-order valence-corrected chi connectivity index (χ4v) is 4.41. The Balaban J connectivity index is 1.83. The van der Waals surface area contributed by atoms with Crippen LogP contribution in [0.3, 0.4) is 0 Å². The first-order valence-corrected chi connectivity index (χ1v) is 11.0. The quantitative estimate of drug-likeness (QED) is 0.346. The van der Waals surface area contributed by atoms with Crippen LogP contribution in [0, 0.1) is 0 Å². The van der Waals surface area contributed by atoms with Gasteiger partial charge in [0.2, 0.25) is 5.78 Å². The van der Waals surface area contributed by atoms with Gasteiger partial charge in [-0.15, -0.1) is 0 Å². The molecule has 9 heteroatoms. The number of methoxy groups -OCH3 is 3. The number of ketones is 1. The number of para-hydroxylation sites is 1. The van der Waals surface area contributed by atoms with Gasteiger partial charge in [0.25, 0.3) is 5.91 Å². The molecule has 4 rings (SSSR count). The van der Waals surface area contributed by atoms with Gasteiger partial charge in [-0.3, -0.25) is 9.59 Å². The van der Waals surface area contributed by atoms with Crippen molar-refractivity contribution in [2.75, 3.05) is 34.5 Å². The van der Waals surface area contributed by atoms with Crippen molar-refractivity contribution < 1.29 is 33.3 Å². The summed E-state index contributed by atoms with van der Waals surface area (Å²) in [4.78, 5) is 28.2. The maximum atomic E-state index is 13.7. The van der Waals surface area contributed by atoms with Crippen molar-refractivity contribution in [3.8, 4) is 11.5 Å². The van der Waals surface area contributed by atoms with E-state index in [1.54, 1.807) is 43.5 Å². The summed E-state index contributed by atoms with van der Waals surface area (Å²) in [6.45, 7) is 0.677. The Bertz CT molecular complexity index is 1280. The summed E-state index contributed by atoms with van der Waals surface area (Å²) < 4.78 is 21.7. The van der Waals surface area contributed by atoms with E-state index in [-0.39, 0.29) is 17.9 Å². The number of fused-ring (bicyclic) bond motifs is 1. The van der Waals surface area contributed by atoms with Gasteiger partial charge in [-0.05, 0) is 24.6 Å². The Kier molecular flexibility index (Phi) is 6.81. The van der Waals surface area contributed by atoms with E-state index < -0.39 is 23.5 Å². The molecule has 0 radical (unpaired) electrons. The fourth-order valence-electron chi connectivity index (χ4n) is 4.19. The lowest BCUT2D eigenvalue weighted by atomic mass is 9.94. The molecule has 0 saturated carbocycles. The summed E-state index contributed by atoms with van der Waals surface area (Å²) in [7, 11) is 4.54. The molecule has 34 heavy (non-hydrogen) atoms. The van der Waals surface area contributed by atoms with Crippen LogP contribution in [-0.2, 0) is 9.53 Å². The van der Waals surface area contributed by atoms with Crippen LogP contribution >= 0.6 is 11.6 Å². The first kappa shape index (κ1) is 23.7. The average molecular weight is 486 g/mol. The number of Topliss-reactive ketones (excluding diaryl/α,β-unsaturated/α-hetero) is 1. The summed E-state index contributed by atoms with van der Waals surface area (Å²) in [6.07, 6.45) is 0.517.